The second-order valence-electron chi connectivity index (χ2n) is 5.69. The Morgan fingerprint density at radius 3 is 2.57 bits per heavy atom. The number of rotatable bonds is 7. The molecule has 0 bridgehead atoms. The Labute approximate surface area is 128 Å². The third-order valence-corrected chi connectivity index (χ3v) is 4.17. The maximum Gasteiger partial charge on any atom is 0.161 e. The van der Waals surface area contributed by atoms with Crippen molar-refractivity contribution in [3.05, 3.63) is 24.3 Å². The smallest absolute Gasteiger partial charge is 0.161 e. The van der Waals surface area contributed by atoms with Gasteiger partial charge < -0.3 is 14.8 Å². The Morgan fingerprint density at radius 1 is 1.24 bits per heavy atom. The number of hydrogen-bond acceptors (Lipinski definition) is 4. The van der Waals surface area contributed by atoms with Crippen LogP contribution in [0.2, 0.25) is 0 Å². The van der Waals surface area contributed by atoms with Gasteiger partial charge in [-0.05, 0) is 45.0 Å². The summed E-state index contributed by atoms with van der Waals surface area (Å²) in [4.78, 5) is 2.49. The fraction of sp³-hybridized carbons (Fsp3) is 0.647. The molecule has 1 aliphatic rings. The Hall–Kier alpha value is -1.26. The first kappa shape index (κ1) is 16.1. The number of benzene rings is 1. The summed E-state index contributed by atoms with van der Waals surface area (Å²) < 4.78 is 11.5. The van der Waals surface area contributed by atoms with Crippen LogP contribution in [0.1, 0.15) is 20.3 Å². The molecule has 1 heterocycles. The molecule has 4 nitrogen and oxygen atoms in total. The first-order valence-electron chi connectivity index (χ1n) is 7.98. The monoisotopic (exact) mass is 292 g/mol. The van der Waals surface area contributed by atoms with Crippen molar-refractivity contribution < 1.29 is 9.47 Å². The summed E-state index contributed by atoms with van der Waals surface area (Å²) >= 11 is 0. The van der Waals surface area contributed by atoms with Crippen LogP contribution < -0.4 is 14.8 Å². The van der Waals surface area contributed by atoms with Crippen molar-refractivity contribution in [2.45, 2.75) is 26.3 Å². The van der Waals surface area contributed by atoms with Crippen LogP contribution in [0, 0.1) is 5.92 Å². The number of likely N-dealkylation sites (tertiary alicyclic amines) is 1. The number of nitrogens with one attached hydrogen (secondary N) is 1. The van der Waals surface area contributed by atoms with E-state index in [0.29, 0.717) is 25.2 Å². The minimum Gasteiger partial charge on any atom is -0.490 e. The summed E-state index contributed by atoms with van der Waals surface area (Å²) in [6.45, 7) is 8.94. The second-order valence-corrected chi connectivity index (χ2v) is 5.69. The van der Waals surface area contributed by atoms with Gasteiger partial charge >= 0.3 is 0 Å². The van der Waals surface area contributed by atoms with Crippen molar-refractivity contribution in [1.29, 1.82) is 0 Å². The topological polar surface area (TPSA) is 33.7 Å². The van der Waals surface area contributed by atoms with Crippen molar-refractivity contribution >= 4 is 0 Å². The van der Waals surface area contributed by atoms with Crippen molar-refractivity contribution in [2.24, 2.45) is 5.92 Å². The summed E-state index contributed by atoms with van der Waals surface area (Å²) in [6, 6.07) is 8.54. The molecule has 0 aromatic heterocycles. The van der Waals surface area contributed by atoms with E-state index < -0.39 is 0 Å². The molecule has 0 saturated carbocycles. The van der Waals surface area contributed by atoms with Gasteiger partial charge in [-0.1, -0.05) is 19.1 Å². The lowest BCUT2D eigenvalue weighted by Gasteiger charge is -2.36. The minimum absolute atomic E-state index is 0.654. The Morgan fingerprint density at radius 2 is 1.95 bits per heavy atom. The molecule has 1 saturated heterocycles. The molecule has 0 amide bonds. The van der Waals surface area contributed by atoms with Crippen molar-refractivity contribution in [3.63, 3.8) is 0 Å². The highest BCUT2D eigenvalue weighted by Crippen LogP contribution is 2.26. The van der Waals surface area contributed by atoms with E-state index in [-0.39, 0.29) is 0 Å². The largest absolute Gasteiger partial charge is 0.490 e. The van der Waals surface area contributed by atoms with E-state index in [4.69, 9.17) is 9.47 Å². The zero-order valence-electron chi connectivity index (χ0n) is 13.5. The van der Waals surface area contributed by atoms with Gasteiger partial charge in [-0.2, -0.15) is 0 Å². The molecule has 118 valence electrons. The SMILES string of the molecule is CCOc1ccccc1OCCN1CCC(NC)C(C)C1. The highest BCUT2D eigenvalue weighted by Gasteiger charge is 2.24. The van der Waals surface area contributed by atoms with Gasteiger partial charge in [0.15, 0.2) is 11.5 Å². The first-order valence-corrected chi connectivity index (χ1v) is 7.98. The molecule has 2 rings (SSSR count). The number of para-hydroxylation sites is 2. The van der Waals surface area contributed by atoms with Gasteiger partial charge in [-0.15, -0.1) is 0 Å². The van der Waals surface area contributed by atoms with Gasteiger partial charge in [0.1, 0.15) is 6.61 Å². The Bertz CT molecular complexity index is 425. The number of nitrogens with zero attached hydrogens (tertiary/aromatic N) is 1. The van der Waals surface area contributed by atoms with Crippen molar-refractivity contribution in [2.75, 3.05) is 39.9 Å². The molecule has 2 unspecified atom stereocenters. The molecule has 1 aliphatic heterocycles. The zero-order chi connectivity index (χ0) is 15.1. The van der Waals surface area contributed by atoms with E-state index in [1.54, 1.807) is 0 Å². The molecule has 1 fully saturated rings. The van der Waals surface area contributed by atoms with Crippen molar-refractivity contribution in [1.82, 2.24) is 10.2 Å². The van der Waals surface area contributed by atoms with Crippen LogP contribution in [-0.4, -0.2) is 50.8 Å². The molecular weight excluding hydrogens is 264 g/mol. The number of ether oxygens (including phenoxy) is 2. The summed E-state index contributed by atoms with van der Waals surface area (Å²) in [5.74, 6) is 2.37. The van der Waals surface area contributed by atoms with E-state index in [9.17, 15) is 0 Å². The molecule has 1 aromatic carbocycles. The fourth-order valence-electron chi connectivity index (χ4n) is 2.99. The Kier molecular flexibility index (Phi) is 6.33. The van der Waals surface area contributed by atoms with E-state index in [2.05, 4.69) is 24.2 Å². The van der Waals surface area contributed by atoms with Crippen LogP contribution in [0.25, 0.3) is 0 Å². The standard InChI is InChI=1S/C17H28N2O2/c1-4-20-16-7-5-6-8-17(16)21-12-11-19-10-9-15(18-3)14(2)13-19/h5-8,14-15,18H,4,9-13H2,1-3H3. The van der Waals surface area contributed by atoms with Gasteiger partial charge in [0, 0.05) is 19.1 Å². The molecular formula is C17H28N2O2. The quantitative estimate of drug-likeness (QED) is 0.837. The van der Waals surface area contributed by atoms with Crippen LogP contribution in [0.5, 0.6) is 11.5 Å². The summed E-state index contributed by atoms with van der Waals surface area (Å²) in [5, 5.41) is 3.40. The van der Waals surface area contributed by atoms with Gasteiger partial charge in [-0.3, -0.25) is 4.90 Å². The molecule has 21 heavy (non-hydrogen) atoms. The molecule has 0 aliphatic carbocycles. The maximum absolute atomic E-state index is 5.90. The van der Waals surface area contributed by atoms with Gasteiger partial charge in [0.2, 0.25) is 0 Å². The fourth-order valence-corrected chi connectivity index (χ4v) is 2.99. The molecule has 1 aromatic rings. The lowest BCUT2D eigenvalue weighted by Crippen LogP contribution is -2.48. The predicted octanol–water partition coefficient (Wildman–Crippen LogP) is 2.39. The van der Waals surface area contributed by atoms with Crippen LogP contribution in [0.4, 0.5) is 0 Å². The van der Waals surface area contributed by atoms with Gasteiger partial charge in [0.25, 0.3) is 0 Å². The first-order chi connectivity index (χ1) is 10.2. The van der Waals surface area contributed by atoms with Crippen LogP contribution in [0.3, 0.4) is 0 Å². The molecule has 2 atom stereocenters. The molecule has 0 spiro atoms. The normalized spacial score (nSPS) is 23.0. The molecule has 4 heteroatoms. The maximum atomic E-state index is 5.90. The lowest BCUT2D eigenvalue weighted by molar-refractivity contribution is 0.129. The highest BCUT2D eigenvalue weighted by atomic mass is 16.5. The summed E-state index contributed by atoms with van der Waals surface area (Å²) in [6.07, 6.45) is 1.22. The molecule has 0 radical (unpaired) electrons. The lowest BCUT2D eigenvalue weighted by atomic mass is 9.94. The summed E-state index contributed by atoms with van der Waals surface area (Å²) in [7, 11) is 2.06. The third kappa shape index (κ3) is 4.61. The predicted molar refractivity (Wildman–Crippen MR) is 86.2 cm³/mol. The van der Waals surface area contributed by atoms with Crippen molar-refractivity contribution in [3.8, 4) is 11.5 Å². The Balaban J connectivity index is 1.77. The van der Waals surface area contributed by atoms with Crippen LogP contribution in [-0.2, 0) is 0 Å². The van der Waals surface area contributed by atoms with Gasteiger partial charge in [-0.25, -0.2) is 0 Å². The van der Waals surface area contributed by atoms with E-state index in [1.165, 1.54) is 6.42 Å². The minimum atomic E-state index is 0.654. The van der Waals surface area contributed by atoms with E-state index in [0.717, 1.165) is 31.1 Å². The zero-order valence-corrected chi connectivity index (χ0v) is 13.5. The second kappa shape index (κ2) is 8.25. The van der Waals surface area contributed by atoms with Crippen LogP contribution in [0.15, 0.2) is 24.3 Å². The van der Waals surface area contributed by atoms with E-state index in [1.807, 2.05) is 31.2 Å². The number of piperidine rings is 1. The molecule has 1 N–H and O–H groups in total. The summed E-state index contributed by atoms with van der Waals surface area (Å²) in [5.41, 5.74) is 0. The van der Waals surface area contributed by atoms with Crippen LogP contribution >= 0.6 is 0 Å². The number of hydrogen-bond donors (Lipinski definition) is 1. The average Bonchev–Trinajstić information content (AvgIpc) is 2.49. The van der Waals surface area contributed by atoms with E-state index >= 15 is 0 Å². The highest BCUT2D eigenvalue weighted by molar-refractivity contribution is 5.39. The average molecular weight is 292 g/mol. The van der Waals surface area contributed by atoms with Gasteiger partial charge in [0.05, 0.1) is 6.61 Å². The third-order valence-electron chi connectivity index (χ3n) is 4.17.